The average Bonchev–Trinajstić information content (AvgIpc) is 3.20. The zero-order valence-corrected chi connectivity index (χ0v) is 20.3. The Morgan fingerprint density at radius 2 is 2.16 bits per heavy atom. The Hall–Kier alpha value is -1.32. The Morgan fingerprint density at radius 1 is 1.41 bits per heavy atom. The fraction of sp³-hybridized carbons (Fsp3) is 0.375. The van der Waals surface area contributed by atoms with Gasteiger partial charge in [0.1, 0.15) is 18.3 Å². The molecule has 1 amide bonds. The molecule has 0 saturated carbocycles. The molecule has 1 aromatic rings. The monoisotopic (exact) mass is 490 g/mol. The number of phosphoric ester groups is 1. The van der Waals surface area contributed by atoms with Crippen molar-refractivity contribution in [2.45, 2.75) is 35.5 Å². The van der Waals surface area contributed by atoms with Gasteiger partial charge in [-0.1, -0.05) is 12.1 Å². The molecule has 4 heterocycles. The molecule has 1 aromatic carbocycles. The maximum Gasteiger partial charge on any atom is 1.00 e. The number of nitrogens with two attached hydrogens (primary N) is 1. The number of fused-ring (bicyclic) bond motifs is 2. The Kier molecular flexibility index (Phi) is 6.55. The first-order valence-electron chi connectivity index (χ1n) is 9.08. The number of carbonyl (C=O) groups excluding carboxylic acids is 1. The summed E-state index contributed by atoms with van der Waals surface area (Å²) in [6, 6.07) is 5.92. The summed E-state index contributed by atoms with van der Waals surface area (Å²) in [4.78, 5) is 34.6. The summed E-state index contributed by atoms with van der Waals surface area (Å²) in [5.41, 5.74) is 6.49. The number of guanidine groups is 1. The molecule has 0 radical (unpaired) electrons. The van der Waals surface area contributed by atoms with Crippen LogP contribution in [0.3, 0.4) is 0 Å². The summed E-state index contributed by atoms with van der Waals surface area (Å²) in [6.07, 6.45) is -4.70. The number of aliphatic hydroxyl groups excluding tert-OH is 1. The number of aliphatic hydroxyl groups is 1. The SMILES string of the molecule is N=C1N=C2C(N=C(Sc3ccccc3N)N2C2OC3COP(=O)([O-])OC3C2O)C(=O)N1.[Na+]. The Bertz CT molecular complexity index is 1090. The Balaban J connectivity index is 0.00000245. The summed E-state index contributed by atoms with van der Waals surface area (Å²) in [7, 11) is -4.57. The minimum atomic E-state index is -4.57. The number of ether oxygens (including phenoxy) is 1. The summed E-state index contributed by atoms with van der Waals surface area (Å²) in [6.45, 7) is -0.329. The van der Waals surface area contributed by atoms with Crippen LogP contribution in [0, 0.1) is 5.41 Å². The zero-order chi connectivity index (χ0) is 21.9. The number of nitrogens with zero attached hydrogens (tertiary/aromatic N) is 3. The number of nitrogens with one attached hydrogen (secondary N) is 2. The van der Waals surface area contributed by atoms with E-state index in [0.717, 1.165) is 11.8 Å². The van der Waals surface area contributed by atoms with Crippen molar-refractivity contribution in [3.05, 3.63) is 24.3 Å². The number of benzene rings is 1. The number of rotatable bonds is 2. The van der Waals surface area contributed by atoms with Crippen molar-refractivity contribution < 1.29 is 62.7 Å². The number of para-hydroxylation sites is 1. The van der Waals surface area contributed by atoms with Gasteiger partial charge in [0, 0.05) is 10.6 Å². The molecule has 13 nitrogen and oxygen atoms in total. The summed E-state index contributed by atoms with van der Waals surface area (Å²) < 4.78 is 27.1. The molecule has 5 N–H and O–H groups in total. The van der Waals surface area contributed by atoms with Gasteiger partial charge in [-0.05, 0) is 23.9 Å². The van der Waals surface area contributed by atoms with E-state index in [9.17, 15) is 19.4 Å². The number of carbonyl (C=O) groups is 1. The van der Waals surface area contributed by atoms with Crippen LogP contribution in [0.25, 0.3) is 0 Å². The first-order chi connectivity index (χ1) is 14.7. The van der Waals surface area contributed by atoms with Gasteiger partial charge in [0.05, 0.1) is 6.61 Å². The quantitative estimate of drug-likeness (QED) is 0.179. The molecule has 4 aliphatic heterocycles. The van der Waals surface area contributed by atoms with E-state index in [0.29, 0.717) is 10.6 Å². The third kappa shape index (κ3) is 4.16. The minimum Gasteiger partial charge on any atom is -0.756 e. The molecule has 6 unspecified atom stereocenters. The molecule has 32 heavy (non-hydrogen) atoms. The van der Waals surface area contributed by atoms with Gasteiger partial charge in [-0.15, -0.1) is 0 Å². The predicted molar refractivity (Wildman–Crippen MR) is 106 cm³/mol. The number of hydrogen-bond donors (Lipinski definition) is 4. The maximum absolute atomic E-state index is 12.4. The van der Waals surface area contributed by atoms with Crippen molar-refractivity contribution >= 4 is 48.1 Å². The third-order valence-corrected chi connectivity index (χ3v) is 7.03. The number of hydrogen-bond acceptors (Lipinski definition) is 12. The van der Waals surface area contributed by atoms with E-state index in [1.54, 1.807) is 24.3 Å². The molecular formula is C16H16N6NaO7PS. The van der Waals surface area contributed by atoms with Gasteiger partial charge in [-0.3, -0.25) is 25.0 Å². The normalized spacial score (nSPS) is 35.9. The van der Waals surface area contributed by atoms with Crippen LogP contribution < -0.4 is 45.5 Å². The number of phosphoric acid groups is 1. The smallest absolute Gasteiger partial charge is 0.756 e. The van der Waals surface area contributed by atoms with E-state index in [1.807, 2.05) is 0 Å². The van der Waals surface area contributed by atoms with Gasteiger partial charge in [-0.25, -0.2) is 4.99 Å². The minimum absolute atomic E-state index is 0. The van der Waals surface area contributed by atoms with Gasteiger partial charge in [0.15, 0.2) is 23.3 Å². The average molecular weight is 490 g/mol. The van der Waals surface area contributed by atoms with Gasteiger partial charge >= 0.3 is 29.6 Å². The van der Waals surface area contributed by atoms with E-state index >= 15 is 0 Å². The predicted octanol–water partition coefficient (Wildman–Crippen LogP) is -4.16. The van der Waals surface area contributed by atoms with Crippen molar-refractivity contribution in [2.24, 2.45) is 9.98 Å². The van der Waals surface area contributed by atoms with Crippen LogP contribution in [0.15, 0.2) is 39.1 Å². The molecule has 2 fully saturated rings. The van der Waals surface area contributed by atoms with Crippen LogP contribution in [0.5, 0.6) is 0 Å². The molecule has 4 aliphatic rings. The first kappa shape index (κ1) is 23.8. The van der Waals surface area contributed by atoms with Crippen LogP contribution in [-0.4, -0.2) is 70.1 Å². The van der Waals surface area contributed by atoms with Crippen LogP contribution in [0.2, 0.25) is 0 Å². The molecule has 2 saturated heterocycles. The zero-order valence-electron chi connectivity index (χ0n) is 16.6. The molecule has 5 rings (SSSR count). The second-order valence-electron chi connectivity index (χ2n) is 7.00. The van der Waals surface area contributed by atoms with Crippen molar-refractivity contribution in [2.75, 3.05) is 12.3 Å². The van der Waals surface area contributed by atoms with Gasteiger partial charge in [0.2, 0.25) is 5.96 Å². The largest absolute Gasteiger partial charge is 1.00 e. The van der Waals surface area contributed by atoms with E-state index in [-0.39, 0.29) is 47.2 Å². The van der Waals surface area contributed by atoms with Crippen molar-refractivity contribution in [3.8, 4) is 0 Å². The summed E-state index contributed by atoms with van der Waals surface area (Å²) in [5.74, 6) is -0.889. The molecule has 16 heteroatoms. The van der Waals surface area contributed by atoms with E-state index in [2.05, 4.69) is 19.8 Å². The molecule has 6 atom stereocenters. The van der Waals surface area contributed by atoms with Gasteiger partial charge in [0.25, 0.3) is 13.7 Å². The van der Waals surface area contributed by atoms with Crippen molar-refractivity contribution in [3.63, 3.8) is 0 Å². The molecular weight excluding hydrogens is 474 g/mol. The fourth-order valence-corrected chi connectivity index (χ4v) is 5.54. The molecule has 0 spiro atoms. The molecule has 0 aromatic heterocycles. The van der Waals surface area contributed by atoms with E-state index in [4.69, 9.17) is 20.4 Å². The number of nitrogen functional groups attached to an aromatic ring is 1. The third-order valence-electron chi connectivity index (χ3n) is 4.99. The fourth-order valence-electron chi connectivity index (χ4n) is 3.61. The first-order valence-corrected chi connectivity index (χ1v) is 11.4. The Labute approximate surface area is 207 Å². The van der Waals surface area contributed by atoms with Crippen LogP contribution in [0.1, 0.15) is 0 Å². The number of aliphatic imine (C=N–C) groups is 2. The Morgan fingerprint density at radius 3 is 2.91 bits per heavy atom. The van der Waals surface area contributed by atoms with Gasteiger partial charge < -0.3 is 29.5 Å². The second kappa shape index (κ2) is 8.80. The summed E-state index contributed by atoms with van der Waals surface area (Å²) in [5, 5.41) is 21.1. The van der Waals surface area contributed by atoms with Crippen LogP contribution in [0.4, 0.5) is 5.69 Å². The second-order valence-corrected chi connectivity index (χ2v) is 9.37. The van der Waals surface area contributed by atoms with Gasteiger partial charge in [-0.2, -0.15) is 4.99 Å². The topological polar surface area (TPSA) is 195 Å². The van der Waals surface area contributed by atoms with E-state index in [1.165, 1.54) is 4.90 Å². The number of amidine groups is 2. The standard InChI is InChI=1S/C16H17N6O7PS.Na/c17-6-3-1-2-4-8(6)31-16-19-9-12(20-15(18)21-13(9)24)22(16)14-10(23)11-7(28-14)5-27-30(25,26)29-11;/h1-4,7,9-11,14,23H,5,17H2,(H,25,26)(H2,18,21,24);/q;+1/p-1. The van der Waals surface area contributed by atoms with Crippen LogP contribution >= 0.6 is 19.6 Å². The number of thioether (sulfide) groups is 1. The van der Waals surface area contributed by atoms with Crippen molar-refractivity contribution in [1.82, 2.24) is 10.2 Å². The molecule has 0 bridgehead atoms. The molecule has 0 aliphatic carbocycles. The summed E-state index contributed by atoms with van der Waals surface area (Å²) >= 11 is 1.12. The molecule has 164 valence electrons. The van der Waals surface area contributed by atoms with Crippen LogP contribution in [-0.2, 0) is 23.1 Å². The van der Waals surface area contributed by atoms with Crippen molar-refractivity contribution in [1.29, 1.82) is 5.41 Å². The van der Waals surface area contributed by atoms with E-state index < -0.39 is 50.3 Å². The number of amides is 1. The number of anilines is 1. The maximum atomic E-state index is 12.4.